The standard InChI is InChI=1S/C17H18FNO2/c18-16-5-3-15(4-6-16)17(20)9-13-21-12-1-2-14-7-10-19-11-8-14/h3-8,10-11H,1-2,9,12-13H2. The third kappa shape index (κ3) is 5.44. The van der Waals surface area contributed by atoms with Crippen LogP contribution in [0.15, 0.2) is 48.8 Å². The minimum Gasteiger partial charge on any atom is -0.381 e. The fraction of sp³-hybridized carbons (Fsp3) is 0.294. The Labute approximate surface area is 123 Å². The molecule has 0 saturated carbocycles. The van der Waals surface area contributed by atoms with Crippen molar-refractivity contribution in [3.05, 3.63) is 65.7 Å². The molecule has 2 rings (SSSR count). The predicted octanol–water partition coefficient (Wildman–Crippen LogP) is 3.44. The molecule has 1 aromatic heterocycles. The van der Waals surface area contributed by atoms with Gasteiger partial charge in [0, 0.05) is 31.0 Å². The second-order valence-electron chi connectivity index (χ2n) is 4.75. The first-order valence-electron chi connectivity index (χ1n) is 7.01. The second kappa shape index (κ2) is 8.27. The monoisotopic (exact) mass is 287 g/mol. The number of Topliss-reactive ketones (excluding diaryl/α,β-unsaturated/α-hetero) is 1. The molecule has 4 heteroatoms. The van der Waals surface area contributed by atoms with Crippen LogP contribution in [0.25, 0.3) is 0 Å². The number of pyridine rings is 1. The molecule has 1 heterocycles. The number of carbonyl (C=O) groups is 1. The van der Waals surface area contributed by atoms with Gasteiger partial charge in [0.2, 0.25) is 0 Å². The fourth-order valence-electron chi connectivity index (χ4n) is 1.97. The Morgan fingerprint density at radius 3 is 2.48 bits per heavy atom. The molecule has 0 spiro atoms. The van der Waals surface area contributed by atoms with Crippen LogP contribution in [-0.4, -0.2) is 24.0 Å². The average molecular weight is 287 g/mol. The van der Waals surface area contributed by atoms with Crippen LogP contribution in [0.5, 0.6) is 0 Å². The van der Waals surface area contributed by atoms with E-state index in [1.54, 1.807) is 12.4 Å². The Balaban J connectivity index is 1.59. The van der Waals surface area contributed by atoms with Crippen LogP contribution in [0.4, 0.5) is 4.39 Å². The molecule has 0 aliphatic rings. The molecular weight excluding hydrogens is 269 g/mol. The van der Waals surface area contributed by atoms with Crippen LogP contribution in [0.3, 0.4) is 0 Å². The molecule has 0 bridgehead atoms. The Hall–Kier alpha value is -2.07. The summed E-state index contributed by atoms with van der Waals surface area (Å²) in [5, 5.41) is 0. The summed E-state index contributed by atoms with van der Waals surface area (Å²) < 4.78 is 18.2. The first-order chi connectivity index (χ1) is 10.3. The molecule has 0 fully saturated rings. The maximum absolute atomic E-state index is 12.7. The number of aromatic nitrogens is 1. The van der Waals surface area contributed by atoms with Crippen LogP contribution in [-0.2, 0) is 11.2 Å². The maximum Gasteiger partial charge on any atom is 0.165 e. The molecule has 0 saturated heterocycles. The average Bonchev–Trinajstić information content (AvgIpc) is 2.52. The van der Waals surface area contributed by atoms with Gasteiger partial charge >= 0.3 is 0 Å². The Bertz CT molecular complexity index is 555. The number of ether oxygens (including phenoxy) is 1. The molecule has 21 heavy (non-hydrogen) atoms. The van der Waals surface area contributed by atoms with Gasteiger partial charge in [-0.25, -0.2) is 4.39 Å². The molecule has 0 amide bonds. The third-order valence-corrected chi connectivity index (χ3v) is 3.14. The number of benzene rings is 1. The van der Waals surface area contributed by atoms with Crippen LogP contribution < -0.4 is 0 Å². The Morgan fingerprint density at radius 1 is 1.05 bits per heavy atom. The van der Waals surface area contributed by atoms with Crippen molar-refractivity contribution >= 4 is 5.78 Å². The lowest BCUT2D eigenvalue weighted by atomic mass is 10.1. The number of hydrogen-bond donors (Lipinski definition) is 0. The van der Waals surface area contributed by atoms with Crippen molar-refractivity contribution in [3.8, 4) is 0 Å². The van der Waals surface area contributed by atoms with Gasteiger partial charge in [-0.3, -0.25) is 9.78 Å². The minimum atomic E-state index is -0.334. The number of hydrogen-bond acceptors (Lipinski definition) is 3. The summed E-state index contributed by atoms with van der Waals surface area (Å²) in [5.74, 6) is -0.358. The molecule has 0 unspecified atom stereocenters. The zero-order valence-corrected chi connectivity index (χ0v) is 11.8. The number of halogens is 1. The van der Waals surface area contributed by atoms with Gasteiger partial charge in [0.05, 0.1) is 6.61 Å². The maximum atomic E-state index is 12.7. The van der Waals surface area contributed by atoms with Gasteiger partial charge in [-0.1, -0.05) is 0 Å². The first kappa shape index (κ1) is 15.3. The van der Waals surface area contributed by atoms with Crippen LogP contribution in [0.1, 0.15) is 28.8 Å². The van der Waals surface area contributed by atoms with Gasteiger partial charge in [-0.05, 0) is 54.8 Å². The highest BCUT2D eigenvalue weighted by Gasteiger charge is 2.05. The van der Waals surface area contributed by atoms with Crippen LogP contribution in [0, 0.1) is 5.82 Å². The van der Waals surface area contributed by atoms with Crippen molar-refractivity contribution in [2.75, 3.05) is 13.2 Å². The van der Waals surface area contributed by atoms with Gasteiger partial charge in [0.1, 0.15) is 5.82 Å². The van der Waals surface area contributed by atoms with E-state index in [1.807, 2.05) is 12.1 Å². The van der Waals surface area contributed by atoms with Crippen molar-refractivity contribution < 1.29 is 13.9 Å². The summed E-state index contributed by atoms with van der Waals surface area (Å²) in [6.07, 6.45) is 5.72. The highest BCUT2D eigenvalue weighted by Crippen LogP contribution is 2.06. The minimum absolute atomic E-state index is 0.0240. The van der Waals surface area contributed by atoms with Crippen molar-refractivity contribution in [3.63, 3.8) is 0 Å². The molecule has 0 aliphatic carbocycles. The lowest BCUT2D eigenvalue weighted by molar-refractivity contribution is 0.0874. The summed E-state index contributed by atoms with van der Waals surface area (Å²) in [5.41, 5.74) is 1.76. The topological polar surface area (TPSA) is 39.2 Å². The predicted molar refractivity (Wildman–Crippen MR) is 78.7 cm³/mol. The van der Waals surface area contributed by atoms with Gasteiger partial charge in [0.25, 0.3) is 0 Å². The summed E-state index contributed by atoms with van der Waals surface area (Å²) in [6, 6.07) is 9.56. The summed E-state index contributed by atoms with van der Waals surface area (Å²) in [4.78, 5) is 15.8. The van der Waals surface area contributed by atoms with E-state index in [-0.39, 0.29) is 11.6 Å². The highest BCUT2D eigenvalue weighted by molar-refractivity contribution is 5.96. The SMILES string of the molecule is O=C(CCOCCCc1ccncc1)c1ccc(F)cc1. The van der Waals surface area contributed by atoms with Crippen molar-refractivity contribution in [1.82, 2.24) is 4.98 Å². The summed E-state index contributed by atoms with van der Waals surface area (Å²) >= 11 is 0. The molecule has 3 nitrogen and oxygen atoms in total. The molecule has 0 atom stereocenters. The van der Waals surface area contributed by atoms with E-state index < -0.39 is 0 Å². The van der Waals surface area contributed by atoms with E-state index in [0.29, 0.717) is 25.2 Å². The number of nitrogens with zero attached hydrogens (tertiary/aromatic N) is 1. The van der Waals surface area contributed by atoms with E-state index in [4.69, 9.17) is 4.74 Å². The second-order valence-corrected chi connectivity index (χ2v) is 4.75. The van der Waals surface area contributed by atoms with E-state index in [0.717, 1.165) is 12.8 Å². The number of carbonyl (C=O) groups excluding carboxylic acids is 1. The van der Waals surface area contributed by atoms with Gasteiger partial charge in [0.15, 0.2) is 5.78 Å². The van der Waals surface area contributed by atoms with Gasteiger partial charge in [-0.15, -0.1) is 0 Å². The van der Waals surface area contributed by atoms with Crippen LogP contribution in [0.2, 0.25) is 0 Å². The summed E-state index contributed by atoms with van der Waals surface area (Å²) in [6.45, 7) is 1.02. The first-order valence-corrected chi connectivity index (χ1v) is 7.01. The zero-order valence-electron chi connectivity index (χ0n) is 11.8. The molecule has 0 N–H and O–H groups in total. The number of aryl methyl sites for hydroxylation is 1. The number of ketones is 1. The van der Waals surface area contributed by atoms with Gasteiger partial charge < -0.3 is 4.74 Å². The smallest absolute Gasteiger partial charge is 0.165 e. The largest absolute Gasteiger partial charge is 0.381 e. The fourth-order valence-corrected chi connectivity index (χ4v) is 1.97. The number of rotatable bonds is 8. The molecule has 0 radical (unpaired) electrons. The van der Waals surface area contributed by atoms with Crippen molar-refractivity contribution in [2.45, 2.75) is 19.3 Å². The van der Waals surface area contributed by atoms with E-state index in [2.05, 4.69) is 4.98 Å². The normalized spacial score (nSPS) is 10.5. The molecular formula is C17H18FNO2. The molecule has 1 aromatic carbocycles. The third-order valence-electron chi connectivity index (χ3n) is 3.14. The quantitative estimate of drug-likeness (QED) is 0.551. The Morgan fingerprint density at radius 2 is 1.76 bits per heavy atom. The lowest BCUT2D eigenvalue weighted by Crippen LogP contribution is -2.06. The molecule has 110 valence electrons. The van der Waals surface area contributed by atoms with E-state index in [1.165, 1.54) is 29.8 Å². The Kier molecular flexibility index (Phi) is 6.03. The molecule has 2 aromatic rings. The van der Waals surface area contributed by atoms with Gasteiger partial charge in [-0.2, -0.15) is 0 Å². The zero-order chi connectivity index (χ0) is 14.9. The van der Waals surface area contributed by atoms with Crippen molar-refractivity contribution in [1.29, 1.82) is 0 Å². The van der Waals surface area contributed by atoms with E-state index >= 15 is 0 Å². The van der Waals surface area contributed by atoms with Crippen molar-refractivity contribution in [2.24, 2.45) is 0 Å². The highest BCUT2D eigenvalue weighted by atomic mass is 19.1. The van der Waals surface area contributed by atoms with E-state index in [9.17, 15) is 9.18 Å². The lowest BCUT2D eigenvalue weighted by Gasteiger charge is -2.04. The summed E-state index contributed by atoms with van der Waals surface area (Å²) in [7, 11) is 0. The molecule has 0 aliphatic heterocycles. The van der Waals surface area contributed by atoms with Crippen LogP contribution >= 0.6 is 0 Å².